The van der Waals surface area contributed by atoms with Crippen molar-refractivity contribution in [2.24, 2.45) is 5.73 Å². The zero-order chi connectivity index (χ0) is 13.7. The van der Waals surface area contributed by atoms with Gasteiger partial charge in [0, 0.05) is 23.6 Å². The average molecular weight is 260 g/mol. The molecule has 0 spiro atoms. The first-order valence-electron chi connectivity index (χ1n) is 7.24. The number of hydrogen-bond acceptors (Lipinski definition) is 2. The van der Waals surface area contributed by atoms with Crippen molar-refractivity contribution in [3.05, 3.63) is 30.0 Å². The van der Waals surface area contributed by atoms with E-state index >= 15 is 0 Å². The first kappa shape index (κ1) is 13.9. The maximum atomic E-state index is 5.63. The minimum absolute atomic E-state index is 0.708. The van der Waals surface area contributed by atoms with Crippen LogP contribution in [-0.4, -0.2) is 17.7 Å². The third-order valence-electron chi connectivity index (χ3n) is 3.36. The molecule has 3 nitrogen and oxygen atoms in total. The van der Waals surface area contributed by atoms with Gasteiger partial charge in [0.1, 0.15) is 5.75 Å². The molecule has 0 bridgehead atoms. The SMILES string of the molecule is CCCn1cc(CCCN)c2cc(OCC)ccc21. The van der Waals surface area contributed by atoms with Gasteiger partial charge in [0.05, 0.1) is 6.61 Å². The number of hydrogen-bond donors (Lipinski definition) is 1. The van der Waals surface area contributed by atoms with E-state index in [0.29, 0.717) is 6.61 Å². The minimum atomic E-state index is 0.708. The van der Waals surface area contributed by atoms with Crippen LogP contribution in [0.1, 0.15) is 32.3 Å². The van der Waals surface area contributed by atoms with Crippen molar-refractivity contribution in [1.82, 2.24) is 4.57 Å². The average Bonchev–Trinajstić information content (AvgIpc) is 2.75. The first-order valence-corrected chi connectivity index (χ1v) is 7.24. The molecule has 0 amide bonds. The molecule has 0 aliphatic carbocycles. The third kappa shape index (κ3) is 3.10. The molecule has 3 heteroatoms. The van der Waals surface area contributed by atoms with Crippen LogP contribution in [0.2, 0.25) is 0 Å². The number of aryl methyl sites for hydroxylation is 2. The summed E-state index contributed by atoms with van der Waals surface area (Å²) >= 11 is 0. The van der Waals surface area contributed by atoms with Gasteiger partial charge in [-0.2, -0.15) is 0 Å². The quantitative estimate of drug-likeness (QED) is 0.829. The third-order valence-corrected chi connectivity index (χ3v) is 3.36. The van der Waals surface area contributed by atoms with Gasteiger partial charge < -0.3 is 15.0 Å². The van der Waals surface area contributed by atoms with Gasteiger partial charge in [0.25, 0.3) is 0 Å². The molecule has 1 heterocycles. The van der Waals surface area contributed by atoms with Crippen molar-refractivity contribution in [3.63, 3.8) is 0 Å². The fraction of sp³-hybridized carbons (Fsp3) is 0.500. The normalized spacial score (nSPS) is 11.1. The summed E-state index contributed by atoms with van der Waals surface area (Å²) < 4.78 is 7.95. The Morgan fingerprint density at radius 2 is 2.11 bits per heavy atom. The molecule has 0 saturated heterocycles. The van der Waals surface area contributed by atoms with E-state index in [-0.39, 0.29) is 0 Å². The highest BCUT2D eigenvalue weighted by atomic mass is 16.5. The van der Waals surface area contributed by atoms with Crippen LogP contribution < -0.4 is 10.5 Å². The summed E-state index contributed by atoms with van der Waals surface area (Å²) in [6.45, 7) is 6.74. The Bertz CT molecular complexity index is 531. The van der Waals surface area contributed by atoms with Crippen LogP contribution in [0.15, 0.2) is 24.4 Å². The molecule has 104 valence electrons. The molecule has 0 saturated carbocycles. The topological polar surface area (TPSA) is 40.2 Å². The highest BCUT2D eigenvalue weighted by Gasteiger charge is 2.09. The Balaban J connectivity index is 2.42. The van der Waals surface area contributed by atoms with Gasteiger partial charge in [-0.15, -0.1) is 0 Å². The van der Waals surface area contributed by atoms with Crippen LogP contribution in [0, 0.1) is 0 Å². The highest BCUT2D eigenvalue weighted by molar-refractivity contribution is 5.85. The summed E-state index contributed by atoms with van der Waals surface area (Å²) in [5.41, 5.74) is 8.32. The molecule has 0 atom stereocenters. The van der Waals surface area contributed by atoms with Gasteiger partial charge in [0.15, 0.2) is 0 Å². The fourth-order valence-corrected chi connectivity index (χ4v) is 2.52. The molecule has 0 aliphatic heterocycles. The van der Waals surface area contributed by atoms with Crippen LogP contribution >= 0.6 is 0 Å². The second-order valence-corrected chi connectivity index (χ2v) is 4.85. The largest absolute Gasteiger partial charge is 0.494 e. The van der Waals surface area contributed by atoms with Crippen molar-refractivity contribution >= 4 is 10.9 Å². The maximum absolute atomic E-state index is 5.63. The van der Waals surface area contributed by atoms with E-state index in [2.05, 4.69) is 35.9 Å². The van der Waals surface area contributed by atoms with Gasteiger partial charge in [-0.1, -0.05) is 6.92 Å². The second kappa shape index (κ2) is 6.62. The van der Waals surface area contributed by atoms with Crippen LogP contribution in [-0.2, 0) is 13.0 Å². The second-order valence-electron chi connectivity index (χ2n) is 4.85. The Hall–Kier alpha value is -1.48. The van der Waals surface area contributed by atoms with E-state index in [1.807, 2.05) is 6.92 Å². The lowest BCUT2D eigenvalue weighted by Gasteiger charge is -2.05. The summed E-state index contributed by atoms with van der Waals surface area (Å²) in [6, 6.07) is 6.39. The predicted octanol–water partition coefficient (Wildman–Crippen LogP) is 3.34. The number of nitrogens with two attached hydrogens (primary N) is 1. The van der Waals surface area contributed by atoms with Crippen molar-refractivity contribution in [2.45, 2.75) is 39.7 Å². The monoisotopic (exact) mass is 260 g/mol. The molecule has 0 aliphatic rings. The summed E-state index contributed by atoms with van der Waals surface area (Å²) in [5, 5.41) is 1.31. The predicted molar refractivity (Wildman–Crippen MR) is 80.8 cm³/mol. The summed E-state index contributed by atoms with van der Waals surface area (Å²) in [7, 11) is 0. The smallest absolute Gasteiger partial charge is 0.120 e. The molecule has 19 heavy (non-hydrogen) atoms. The number of fused-ring (bicyclic) bond motifs is 1. The molecule has 0 unspecified atom stereocenters. The number of nitrogens with zero attached hydrogens (tertiary/aromatic N) is 1. The molecule has 2 N–H and O–H groups in total. The molecule has 0 radical (unpaired) electrons. The number of ether oxygens (including phenoxy) is 1. The van der Waals surface area contributed by atoms with Crippen molar-refractivity contribution in [3.8, 4) is 5.75 Å². The lowest BCUT2D eigenvalue weighted by atomic mass is 10.1. The van der Waals surface area contributed by atoms with Crippen molar-refractivity contribution in [2.75, 3.05) is 13.2 Å². The van der Waals surface area contributed by atoms with Crippen LogP contribution in [0.4, 0.5) is 0 Å². The molecular weight excluding hydrogens is 236 g/mol. The van der Waals surface area contributed by atoms with Gasteiger partial charge in [-0.05, 0) is 56.5 Å². The minimum Gasteiger partial charge on any atom is -0.494 e. The van der Waals surface area contributed by atoms with E-state index in [0.717, 1.165) is 38.1 Å². The van der Waals surface area contributed by atoms with E-state index in [4.69, 9.17) is 10.5 Å². The van der Waals surface area contributed by atoms with E-state index in [1.54, 1.807) is 0 Å². The Kier molecular flexibility index (Phi) is 4.86. The zero-order valence-corrected chi connectivity index (χ0v) is 12.0. The van der Waals surface area contributed by atoms with Gasteiger partial charge in [0.2, 0.25) is 0 Å². The molecule has 2 rings (SSSR count). The number of benzene rings is 1. The van der Waals surface area contributed by atoms with Gasteiger partial charge in [-0.3, -0.25) is 0 Å². The maximum Gasteiger partial charge on any atom is 0.120 e. The van der Waals surface area contributed by atoms with E-state index in [1.165, 1.54) is 16.5 Å². The van der Waals surface area contributed by atoms with Gasteiger partial charge in [-0.25, -0.2) is 0 Å². The molecule has 1 aromatic heterocycles. The highest BCUT2D eigenvalue weighted by Crippen LogP contribution is 2.27. The van der Waals surface area contributed by atoms with E-state index in [9.17, 15) is 0 Å². The molecule has 2 aromatic rings. The fourth-order valence-electron chi connectivity index (χ4n) is 2.52. The van der Waals surface area contributed by atoms with Crippen molar-refractivity contribution < 1.29 is 4.74 Å². The summed E-state index contributed by atoms with van der Waals surface area (Å²) in [4.78, 5) is 0. The Morgan fingerprint density at radius 3 is 2.79 bits per heavy atom. The number of rotatable bonds is 7. The molecule has 1 aromatic carbocycles. The summed E-state index contributed by atoms with van der Waals surface area (Å²) in [5.74, 6) is 0.957. The first-order chi connectivity index (χ1) is 9.30. The van der Waals surface area contributed by atoms with Crippen LogP contribution in [0.3, 0.4) is 0 Å². The molecule has 0 fully saturated rings. The van der Waals surface area contributed by atoms with E-state index < -0.39 is 0 Å². The van der Waals surface area contributed by atoms with Crippen LogP contribution in [0.5, 0.6) is 5.75 Å². The molecular formula is C16H24N2O. The Morgan fingerprint density at radius 1 is 1.26 bits per heavy atom. The standard InChI is InChI=1S/C16H24N2O/c1-3-10-18-12-13(6-5-9-17)15-11-14(19-4-2)7-8-16(15)18/h7-8,11-12H,3-6,9-10,17H2,1-2H3. The lowest BCUT2D eigenvalue weighted by Crippen LogP contribution is -2.00. The lowest BCUT2D eigenvalue weighted by molar-refractivity contribution is 0.340. The zero-order valence-electron chi connectivity index (χ0n) is 12.0. The van der Waals surface area contributed by atoms with Crippen molar-refractivity contribution in [1.29, 1.82) is 0 Å². The summed E-state index contributed by atoms with van der Waals surface area (Å²) in [6.07, 6.45) is 5.50. The number of aromatic nitrogens is 1. The van der Waals surface area contributed by atoms with Gasteiger partial charge >= 0.3 is 0 Å². The van der Waals surface area contributed by atoms with Crippen LogP contribution in [0.25, 0.3) is 10.9 Å². The Labute approximate surface area is 115 Å².